The molecule has 1 aromatic carbocycles. The average Bonchev–Trinajstić information content (AvgIpc) is 2.63. The van der Waals surface area contributed by atoms with Gasteiger partial charge >= 0.3 is 0 Å². The molecule has 0 fully saturated rings. The molecule has 0 amide bonds. The largest absolute Gasteiger partial charge is 0.454 e. The lowest BCUT2D eigenvalue weighted by molar-refractivity contribution is 0.174. The van der Waals surface area contributed by atoms with Crippen molar-refractivity contribution in [2.24, 2.45) is 4.99 Å². The fourth-order valence-electron chi connectivity index (χ4n) is 1.56. The van der Waals surface area contributed by atoms with Crippen LogP contribution in [0.5, 0.6) is 11.5 Å². The maximum Gasteiger partial charge on any atom is 0.235 e. The van der Waals surface area contributed by atoms with Gasteiger partial charge in [-0.25, -0.2) is 4.79 Å². The Labute approximate surface area is 97.8 Å². The van der Waals surface area contributed by atoms with Crippen molar-refractivity contribution in [3.05, 3.63) is 22.7 Å². The minimum absolute atomic E-state index is 0.187. The van der Waals surface area contributed by atoms with E-state index in [1.165, 1.54) is 0 Å². The second kappa shape index (κ2) is 3.81. The molecular formula is C11H10ClNO3. The Balaban J connectivity index is 2.53. The molecule has 2 rings (SSSR count). The summed E-state index contributed by atoms with van der Waals surface area (Å²) in [5, 5.41) is 0.494. The Morgan fingerprint density at radius 1 is 1.38 bits per heavy atom. The smallest absolute Gasteiger partial charge is 0.235 e. The number of rotatable bonds is 2. The van der Waals surface area contributed by atoms with Crippen molar-refractivity contribution in [2.75, 3.05) is 6.79 Å². The van der Waals surface area contributed by atoms with Gasteiger partial charge in [-0.3, -0.25) is 0 Å². The fourth-order valence-corrected chi connectivity index (χ4v) is 1.95. The molecule has 1 aliphatic rings. The molecule has 0 atom stereocenters. The van der Waals surface area contributed by atoms with Crippen molar-refractivity contribution in [1.82, 2.24) is 0 Å². The standard InChI is InChI=1S/C11H10ClNO3/c1-11(2,13-5-14)7-3-9-10(4-8(7)12)16-6-15-9/h3-4H,6H2,1-2H3. The Kier molecular flexibility index (Phi) is 2.62. The third kappa shape index (κ3) is 1.77. The summed E-state index contributed by atoms with van der Waals surface area (Å²) < 4.78 is 10.4. The van der Waals surface area contributed by atoms with E-state index in [1.807, 2.05) is 0 Å². The van der Waals surface area contributed by atoms with Crippen molar-refractivity contribution < 1.29 is 14.3 Å². The van der Waals surface area contributed by atoms with E-state index < -0.39 is 5.54 Å². The molecule has 4 nitrogen and oxygen atoms in total. The van der Waals surface area contributed by atoms with Gasteiger partial charge in [0, 0.05) is 11.6 Å². The van der Waals surface area contributed by atoms with Crippen molar-refractivity contribution >= 4 is 17.7 Å². The van der Waals surface area contributed by atoms with Gasteiger partial charge in [0.05, 0.1) is 10.6 Å². The summed E-state index contributed by atoms with van der Waals surface area (Å²) in [6.07, 6.45) is 1.55. The highest BCUT2D eigenvalue weighted by Gasteiger charge is 2.26. The highest BCUT2D eigenvalue weighted by Crippen LogP contribution is 2.41. The summed E-state index contributed by atoms with van der Waals surface area (Å²) in [6, 6.07) is 3.41. The summed E-state index contributed by atoms with van der Waals surface area (Å²) in [5.74, 6) is 1.23. The van der Waals surface area contributed by atoms with Crippen molar-refractivity contribution in [3.63, 3.8) is 0 Å². The number of aliphatic imine (C=N–C) groups is 1. The Hall–Kier alpha value is -1.51. The molecule has 0 aromatic heterocycles. The lowest BCUT2D eigenvalue weighted by Gasteiger charge is -2.19. The molecule has 0 unspecified atom stereocenters. The van der Waals surface area contributed by atoms with Gasteiger partial charge in [0.15, 0.2) is 11.5 Å². The number of halogens is 1. The summed E-state index contributed by atoms with van der Waals surface area (Å²) in [5.41, 5.74) is -0.0124. The maximum atomic E-state index is 10.3. The van der Waals surface area contributed by atoms with Crippen LogP contribution in [-0.2, 0) is 10.3 Å². The second-order valence-corrected chi connectivity index (χ2v) is 4.35. The lowest BCUT2D eigenvalue weighted by atomic mass is 9.95. The quantitative estimate of drug-likeness (QED) is 0.589. The van der Waals surface area contributed by atoms with Crippen molar-refractivity contribution in [3.8, 4) is 11.5 Å². The van der Waals surface area contributed by atoms with Crippen molar-refractivity contribution in [2.45, 2.75) is 19.4 Å². The van der Waals surface area contributed by atoms with E-state index in [-0.39, 0.29) is 6.79 Å². The molecule has 0 radical (unpaired) electrons. The second-order valence-electron chi connectivity index (χ2n) is 3.95. The fraction of sp³-hybridized carbons (Fsp3) is 0.364. The predicted octanol–water partition coefficient (Wildman–Crippen LogP) is 2.64. The molecule has 16 heavy (non-hydrogen) atoms. The molecule has 1 heterocycles. The van der Waals surface area contributed by atoms with Gasteiger partial charge in [-0.15, -0.1) is 0 Å². The molecule has 1 aromatic rings. The van der Waals surface area contributed by atoms with Gasteiger partial charge in [-0.2, -0.15) is 4.99 Å². The van der Waals surface area contributed by atoms with Gasteiger partial charge in [0.25, 0.3) is 0 Å². The first-order valence-corrected chi connectivity index (χ1v) is 5.11. The maximum absolute atomic E-state index is 10.3. The minimum Gasteiger partial charge on any atom is -0.454 e. The van der Waals surface area contributed by atoms with E-state index in [0.717, 1.165) is 0 Å². The molecule has 0 saturated heterocycles. The summed E-state index contributed by atoms with van der Waals surface area (Å²) in [6.45, 7) is 3.75. The number of fused-ring (bicyclic) bond motifs is 1. The average molecular weight is 240 g/mol. The van der Waals surface area contributed by atoms with Crippen LogP contribution in [0.25, 0.3) is 0 Å². The topological polar surface area (TPSA) is 47.9 Å². The van der Waals surface area contributed by atoms with Gasteiger partial charge in [0.1, 0.15) is 0 Å². The third-order valence-electron chi connectivity index (χ3n) is 2.45. The number of isocyanates is 1. The minimum atomic E-state index is -0.722. The number of ether oxygens (including phenoxy) is 2. The zero-order valence-corrected chi connectivity index (χ0v) is 9.67. The molecule has 0 N–H and O–H groups in total. The molecule has 1 aliphatic heterocycles. The predicted molar refractivity (Wildman–Crippen MR) is 58.7 cm³/mol. The van der Waals surface area contributed by atoms with Crippen LogP contribution >= 0.6 is 11.6 Å². The normalized spacial score (nSPS) is 13.4. The zero-order valence-electron chi connectivity index (χ0n) is 8.91. The van der Waals surface area contributed by atoms with Crippen LogP contribution in [0.4, 0.5) is 0 Å². The Morgan fingerprint density at radius 3 is 2.62 bits per heavy atom. The Bertz CT molecular complexity index is 478. The Morgan fingerprint density at radius 2 is 2.00 bits per heavy atom. The van der Waals surface area contributed by atoms with E-state index in [4.69, 9.17) is 21.1 Å². The van der Waals surface area contributed by atoms with E-state index >= 15 is 0 Å². The summed E-state index contributed by atoms with van der Waals surface area (Å²) >= 11 is 6.10. The van der Waals surface area contributed by atoms with Gasteiger partial charge in [-0.05, 0) is 19.9 Å². The molecule has 0 aliphatic carbocycles. The first-order chi connectivity index (χ1) is 7.54. The van der Waals surface area contributed by atoms with E-state index in [0.29, 0.717) is 22.1 Å². The number of hydrogen-bond acceptors (Lipinski definition) is 4. The number of benzene rings is 1. The first kappa shape index (κ1) is 11.0. The van der Waals surface area contributed by atoms with Crippen LogP contribution in [-0.4, -0.2) is 12.9 Å². The highest BCUT2D eigenvalue weighted by molar-refractivity contribution is 6.31. The van der Waals surface area contributed by atoms with E-state index in [9.17, 15) is 4.79 Å². The molecule has 0 saturated carbocycles. The van der Waals surface area contributed by atoms with Crippen LogP contribution in [0, 0.1) is 0 Å². The summed E-state index contributed by atoms with van der Waals surface area (Å²) in [7, 11) is 0. The molecule has 5 heteroatoms. The van der Waals surface area contributed by atoms with Crippen LogP contribution in [0.1, 0.15) is 19.4 Å². The van der Waals surface area contributed by atoms with Crippen LogP contribution in [0.3, 0.4) is 0 Å². The monoisotopic (exact) mass is 239 g/mol. The number of nitrogens with zero attached hydrogens (tertiary/aromatic N) is 1. The van der Waals surface area contributed by atoms with Gasteiger partial charge < -0.3 is 9.47 Å². The van der Waals surface area contributed by atoms with Crippen molar-refractivity contribution in [1.29, 1.82) is 0 Å². The summed E-state index contributed by atoms with van der Waals surface area (Å²) in [4.78, 5) is 14.1. The number of carbonyl (C=O) groups excluding carboxylic acids is 1. The molecular weight excluding hydrogens is 230 g/mol. The lowest BCUT2D eigenvalue weighted by Crippen LogP contribution is -2.14. The van der Waals surface area contributed by atoms with E-state index in [1.54, 1.807) is 32.1 Å². The number of hydrogen-bond donors (Lipinski definition) is 0. The van der Waals surface area contributed by atoms with Gasteiger partial charge in [0.2, 0.25) is 12.9 Å². The van der Waals surface area contributed by atoms with Crippen LogP contribution in [0.2, 0.25) is 5.02 Å². The molecule has 0 spiro atoms. The first-order valence-electron chi connectivity index (χ1n) is 4.73. The highest BCUT2D eigenvalue weighted by atomic mass is 35.5. The zero-order chi connectivity index (χ0) is 11.8. The SMILES string of the molecule is CC(C)(N=C=O)c1cc2c(cc1Cl)OCO2. The molecule has 0 bridgehead atoms. The van der Waals surface area contributed by atoms with Crippen LogP contribution < -0.4 is 9.47 Å². The molecule has 84 valence electrons. The van der Waals surface area contributed by atoms with Crippen LogP contribution in [0.15, 0.2) is 17.1 Å². The van der Waals surface area contributed by atoms with E-state index in [2.05, 4.69) is 4.99 Å². The van der Waals surface area contributed by atoms with Gasteiger partial charge in [-0.1, -0.05) is 11.6 Å². The third-order valence-corrected chi connectivity index (χ3v) is 2.76.